The van der Waals surface area contributed by atoms with Crippen LogP contribution in [-0.2, 0) is 0 Å². The van der Waals surface area contributed by atoms with Gasteiger partial charge in [-0.05, 0) is 53.6 Å². The molecule has 0 unspecified atom stereocenters. The minimum absolute atomic E-state index is 0.177. The zero-order valence-corrected chi connectivity index (χ0v) is 22.6. The van der Waals surface area contributed by atoms with Crippen LogP contribution in [0.25, 0.3) is 6.08 Å². The monoisotopic (exact) mass is 541 g/mol. The number of fused-ring (bicyclic) bond motifs is 5. The predicted octanol–water partition coefficient (Wildman–Crippen LogP) is 6.02. The second kappa shape index (κ2) is 9.30. The molecule has 3 atom stereocenters. The highest BCUT2D eigenvalue weighted by molar-refractivity contribution is 6.32. The lowest BCUT2D eigenvalue weighted by molar-refractivity contribution is 0.0665. The van der Waals surface area contributed by atoms with Gasteiger partial charge in [0.05, 0.1) is 20.3 Å². The van der Waals surface area contributed by atoms with E-state index < -0.39 is 23.4 Å². The van der Waals surface area contributed by atoms with Crippen LogP contribution in [0, 0.1) is 5.41 Å². The molecule has 0 amide bonds. The Morgan fingerprint density at radius 2 is 1.41 bits per heavy atom. The van der Waals surface area contributed by atoms with Crippen LogP contribution in [0.15, 0.2) is 103 Å². The summed E-state index contributed by atoms with van der Waals surface area (Å²) in [4.78, 5) is 46.1. The van der Waals surface area contributed by atoms with Crippen molar-refractivity contribution in [2.24, 2.45) is 5.41 Å². The molecule has 0 bridgehead atoms. The highest BCUT2D eigenvalue weighted by Crippen LogP contribution is 2.61. The molecule has 1 saturated heterocycles. The van der Waals surface area contributed by atoms with Gasteiger partial charge in [0.15, 0.2) is 17.3 Å². The zero-order chi connectivity index (χ0) is 28.3. The van der Waals surface area contributed by atoms with E-state index in [0.29, 0.717) is 33.8 Å². The van der Waals surface area contributed by atoms with Crippen molar-refractivity contribution in [3.05, 3.63) is 131 Å². The Bertz CT molecular complexity index is 1720. The fourth-order valence-corrected chi connectivity index (χ4v) is 7.05. The molecule has 6 nitrogen and oxygen atoms in total. The molecule has 0 aromatic heterocycles. The first kappa shape index (κ1) is 25.0. The summed E-state index contributed by atoms with van der Waals surface area (Å²) in [6, 6.07) is 27.6. The summed E-state index contributed by atoms with van der Waals surface area (Å²) in [5.41, 5.74) is 2.16. The maximum atomic E-state index is 14.7. The smallest absolute Gasteiger partial charge is 0.185 e. The van der Waals surface area contributed by atoms with Gasteiger partial charge in [-0.15, -0.1) is 0 Å². The van der Waals surface area contributed by atoms with Gasteiger partial charge in [-0.1, -0.05) is 66.7 Å². The number of methoxy groups -OCH3 is 2. The second-order valence-corrected chi connectivity index (χ2v) is 10.6. The number of hydrogen-bond acceptors (Lipinski definition) is 6. The molecule has 2 heterocycles. The SMILES string of the molecule is COc1ccc(C(=O)[C@@H]2[C@H](c3cccc(OC)c3)C3(C(=O)c4ccccc4C3=O)[C@@H]3C=Cc4ccccc4N23)cc1. The van der Waals surface area contributed by atoms with Crippen molar-refractivity contribution >= 4 is 29.1 Å². The summed E-state index contributed by atoms with van der Waals surface area (Å²) in [6.07, 6.45) is 3.89. The summed E-state index contributed by atoms with van der Waals surface area (Å²) in [5.74, 6) is -0.256. The topological polar surface area (TPSA) is 72.9 Å². The number of anilines is 1. The molecular weight excluding hydrogens is 514 g/mol. The van der Waals surface area contributed by atoms with Crippen molar-refractivity contribution in [2.75, 3.05) is 19.1 Å². The first-order chi connectivity index (χ1) is 20.0. The Labute approximate surface area is 237 Å². The standard InChI is InChI=1S/C35H27NO5/c1-40-24-17-14-22(15-18-24)32(37)31-30(23-9-7-10-25(20-23)41-2)35(33(38)26-11-4-5-12-27(26)34(35)39)29-19-16-21-8-3-6-13-28(21)36(29)31/h3-20,29-31H,1-2H3/t29-,30-,31-/m0/s1. The fourth-order valence-electron chi connectivity index (χ4n) is 7.05. The maximum absolute atomic E-state index is 14.7. The minimum atomic E-state index is -1.55. The van der Waals surface area contributed by atoms with Crippen LogP contribution >= 0.6 is 0 Å². The van der Waals surface area contributed by atoms with Crippen LogP contribution < -0.4 is 14.4 Å². The Balaban J connectivity index is 1.53. The molecule has 1 spiro atoms. The second-order valence-electron chi connectivity index (χ2n) is 10.6. The van der Waals surface area contributed by atoms with E-state index in [-0.39, 0.29) is 17.3 Å². The van der Waals surface area contributed by atoms with Crippen LogP contribution in [0.3, 0.4) is 0 Å². The van der Waals surface area contributed by atoms with Crippen LogP contribution in [-0.4, -0.2) is 43.7 Å². The van der Waals surface area contributed by atoms with Crippen molar-refractivity contribution in [1.82, 2.24) is 0 Å². The van der Waals surface area contributed by atoms with Crippen molar-refractivity contribution in [3.63, 3.8) is 0 Å². The summed E-state index contributed by atoms with van der Waals surface area (Å²) < 4.78 is 10.9. The summed E-state index contributed by atoms with van der Waals surface area (Å²) in [7, 11) is 3.15. The molecule has 3 aliphatic rings. The van der Waals surface area contributed by atoms with Gasteiger partial charge in [-0.2, -0.15) is 0 Å². The number of nitrogens with zero attached hydrogens (tertiary/aromatic N) is 1. The Hall–Kier alpha value is -4.97. The van der Waals surface area contributed by atoms with Crippen molar-refractivity contribution in [1.29, 1.82) is 0 Å². The third kappa shape index (κ3) is 3.40. The minimum Gasteiger partial charge on any atom is -0.497 e. The van der Waals surface area contributed by atoms with Gasteiger partial charge in [0.1, 0.15) is 23.0 Å². The number of benzene rings is 4. The average Bonchev–Trinajstić information content (AvgIpc) is 3.47. The van der Waals surface area contributed by atoms with Gasteiger partial charge in [0.25, 0.3) is 0 Å². The molecule has 2 aliphatic heterocycles. The predicted molar refractivity (Wildman–Crippen MR) is 156 cm³/mol. The average molecular weight is 542 g/mol. The van der Waals surface area contributed by atoms with Crippen LogP contribution in [0.4, 0.5) is 5.69 Å². The third-order valence-corrected chi connectivity index (χ3v) is 8.81. The molecule has 4 aromatic rings. The van der Waals surface area contributed by atoms with E-state index in [1.165, 1.54) is 0 Å². The zero-order valence-electron chi connectivity index (χ0n) is 22.6. The first-order valence-electron chi connectivity index (χ1n) is 13.6. The van der Waals surface area contributed by atoms with E-state index in [0.717, 1.165) is 11.3 Å². The van der Waals surface area contributed by atoms with Crippen molar-refractivity contribution in [3.8, 4) is 11.5 Å². The number of para-hydroxylation sites is 1. The van der Waals surface area contributed by atoms with Gasteiger partial charge < -0.3 is 14.4 Å². The number of carbonyl (C=O) groups excluding carboxylic acids is 3. The molecule has 0 N–H and O–H groups in total. The van der Waals surface area contributed by atoms with E-state index in [1.807, 2.05) is 65.6 Å². The first-order valence-corrected chi connectivity index (χ1v) is 13.6. The molecule has 6 heteroatoms. The highest BCUT2D eigenvalue weighted by Gasteiger charge is 2.71. The molecule has 1 fully saturated rings. The lowest BCUT2D eigenvalue weighted by Crippen LogP contribution is -2.48. The number of rotatable bonds is 5. The normalized spacial score (nSPS) is 21.4. The molecule has 4 aromatic carbocycles. The van der Waals surface area contributed by atoms with E-state index in [9.17, 15) is 14.4 Å². The van der Waals surface area contributed by atoms with Gasteiger partial charge in [0.2, 0.25) is 0 Å². The van der Waals surface area contributed by atoms with Crippen LogP contribution in [0.2, 0.25) is 0 Å². The Morgan fingerprint density at radius 1 is 0.756 bits per heavy atom. The lowest BCUT2D eigenvalue weighted by atomic mass is 9.64. The van der Waals surface area contributed by atoms with E-state index in [4.69, 9.17) is 9.47 Å². The molecule has 0 radical (unpaired) electrons. The molecule has 202 valence electrons. The molecule has 41 heavy (non-hydrogen) atoms. The van der Waals surface area contributed by atoms with Crippen molar-refractivity contribution < 1.29 is 23.9 Å². The summed E-state index contributed by atoms with van der Waals surface area (Å²) in [6.45, 7) is 0. The Kier molecular flexibility index (Phi) is 5.68. The number of carbonyl (C=O) groups is 3. The highest BCUT2D eigenvalue weighted by atomic mass is 16.5. The number of hydrogen-bond donors (Lipinski definition) is 0. The van der Waals surface area contributed by atoms with Crippen molar-refractivity contribution in [2.45, 2.75) is 18.0 Å². The van der Waals surface area contributed by atoms with Gasteiger partial charge in [0, 0.05) is 28.3 Å². The quantitative estimate of drug-likeness (QED) is 0.227. The molecule has 1 aliphatic carbocycles. The fraction of sp³-hybridized carbons (Fsp3) is 0.171. The number of ether oxygens (including phenoxy) is 2. The third-order valence-electron chi connectivity index (χ3n) is 8.81. The van der Waals surface area contributed by atoms with Crippen LogP contribution in [0.1, 0.15) is 48.1 Å². The molecular formula is C35H27NO5. The van der Waals surface area contributed by atoms with Gasteiger partial charge in [-0.3, -0.25) is 14.4 Å². The maximum Gasteiger partial charge on any atom is 0.185 e. The van der Waals surface area contributed by atoms with E-state index in [2.05, 4.69) is 0 Å². The largest absolute Gasteiger partial charge is 0.497 e. The molecule has 0 saturated carbocycles. The summed E-state index contributed by atoms with van der Waals surface area (Å²) in [5, 5.41) is 0. The number of Topliss-reactive ketones (excluding diaryl/α,β-unsaturated/α-hetero) is 3. The van der Waals surface area contributed by atoms with Gasteiger partial charge in [-0.25, -0.2) is 0 Å². The Morgan fingerprint density at radius 3 is 2.10 bits per heavy atom. The molecule has 7 rings (SSSR count). The number of ketones is 3. The van der Waals surface area contributed by atoms with E-state index >= 15 is 0 Å². The summed E-state index contributed by atoms with van der Waals surface area (Å²) >= 11 is 0. The van der Waals surface area contributed by atoms with Crippen LogP contribution in [0.5, 0.6) is 11.5 Å². The lowest BCUT2D eigenvalue weighted by Gasteiger charge is -2.37. The van der Waals surface area contributed by atoms with E-state index in [1.54, 1.807) is 62.8 Å². The van der Waals surface area contributed by atoms with Gasteiger partial charge >= 0.3 is 0 Å².